The Labute approximate surface area is 192 Å². The zero-order valence-electron chi connectivity index (χ0n) is 18.4. The van der Waals surface area contributed by atoms with Gasteiger partial charge in [-0.15, -0.1) is 0 Å². The molecular weight excluding hydrogens is 442 g/mol. The molecule has 4 atom stereocenters. The number of carboxylic acid groups (broad SMARTS) is 2. The number of carbonyl (C=O) groups excluding carboxylic acids is 3. The fourth-order valence-corrected chi connectivity index (χ4v) is 2.99. The van der Waals surface area contributed by atoms with Crippen LogP contribution >= 0.6 is 12.6 Å². The number of unbranched alkanes of at least 4 members (excludes halogenated alkanes) is 1. The number of aliphatic carboxylic acids is 2. The zero-order chi connectivity index (χ0) is 24.8. The fraction of sp³-hybridized carbons (Fsp3) is 0.737. The molecule has 9 N–H and O–H groups in total. The van der Waals surface area contributed by atoms with Crippen LogP contribution in [0.15, 0.2) is 0 Å². The molecule has 0 aliphatic carbocycles. The summed E-state index contributed by atoms with van der Waals surface area (Å²) in [5, 5.41) is 24.9. The lowest BCUT2D eigenvalue weighted by atomic mass is 10.0. The minimum absolute atomic E-state index is 0.0229. The fourth-order valence-electron chi connectivity index (χ4n) is 2.73. The standard InChI is InChI=1S/C19H35N5O7S/c1-10(2)7-12(22-16(27)11(21)5-3-4-6-20)17(28)24-14(9-32)18(29)23-13(19(30)31)8-15(25)26/h10-14,32H,3-9,20-21H2,1-2H3,(H,22,27)(H,23,29)(H,24,28)(H,25,26)(H,30,31). The van der Waals surface area contributed by atoms with Gasteiger partial charge in [-0.2, -0.15) is 12.6 Å². The molecule has 0 spiro atoms. The number of rotatable bonds is 16. The molecule has 0 saturated carbocycles. The predicted molar refractivity (Wildman–Crippen MR) is 120 cm³/mol. The minimum atomic E-state index is -1.67. The van der Waals surface area contributed by atoms with Gasteiger partial charge in [0, 0.05) is 5.75 Å². The lowest BCUT2D eigenvalue weighted by Gasteiger charge is -2.25. The maximum absolute atomic E-state index is 12.8. The molecule has 4 unspecified atom stereocenters. The summed E-state index contributed by atoms with van der Waals surface area (Å²) in [5.74, 6) is -5.18. The van der Waals surface area contributed by atoms with Crippen molar-refractivity contribution in [3.63, 3.8) is 0 Å². The van der Waals surface area contributed by atoms with Gasteiger partial charge in [-0.1, -0.05) is 20.3 Å². The molecule has 0 aromatic carbocycles. The van der Waals surface area contributed by atoms with Crippen LogP contribution in [0.4, 0.5) is 0 Å². The molecule has 0 rings (SSSR count). The highest BCUT2D eigenvalue weighted by Crippen LogP contribution is 2.07. The summed E-state index contributed by atoms with van der Waals surface area (Å²) >= 11 is 4.01. The van der Waals surface area contributed by atoms with E-state index in [0.717, 1.165) is 6.42 Å². The van der Waals surface area contributed by atoms with E-state index in [0.29, 0.717) is 19.4 Å². The number of nitrogens with one attached hydrogen (secondary N) is 3. The third-order valence-electron chi connectivity index (χ3n) is 4.45. The molecule has 12 nitrogen and oxygen atoms in total. The number of carboxylic acids is 2. The lowest BCUT2D eigenvalue weighted by Crippen LogP contribution is -2.58. The Hall–Kier alpha value is -2.38. The smallest absolute Gasteiger partial charge is 0.326 e. The number of amides is 3. The highest BCUT2D eigenvalue weighted by molar-refractivity contribution is 7.80. The second kappa shape index (κ2) is 15.4. The van der Waals surface area contributed by atoms with Gasteiger partial charge in [0.1, 0.15) is 18.1 Å². The molecule has 0 aliphatic heterocycles. The summed E-state index contributed by atoms with van der Waals surface area (Å²) < 4.78 is 0. The van der Waals surface area contributed by atoms with Crippen molar-refractivity contribution in [2.75, 3.05) is 12.3 Å². The Morgan fingerprint density at radius 3 is 1.88 bits per heavy atom. The van der Waals surface area contributed by atoms with Crippen LogP contribution in [-0.2, 0) is 24.0 Å². The first-order valence-electron chi connectivity index (χ1n) is 10.3. The van der Waals surface area contributed by atoms with Crippen molar-refractivity contribution in [2.45, 2.75) is 70.1 Å². The van der Waals surface area contributed by atoms with Gasteiger partial charge in [-0.25, -0.2) is 4.79 Å². The van der Waals surface area contributed by atoms with E-state index < -0.39 is 60.2 Å². The topological polar surface area (TPSA) is 214 Å². The van der Waals surface area contributed by atoms with E-state index in [1.807, 2.05) is 13.8 Å². The molecule has 0 fully saturated rings. The molecular formula is C19H35N5O7S. The molecule has 0 bridgehead atoms. The van der Waals surface area contributed by atoms with Crippen LogP contribution in [0.2, 0.25) is 0 Å². The Morgan fingerprint density at radius 1 is 0.875 bits per heavy atom. The molecule has 0 aromatic rings. The summed E-state index contributed by atoms with van der Waals surface area (Å²) in [5.41, 5.74) is 11.3. The Balaban J connectivity index is 5.18. The molecule has 0 aromatic heterocycles. The maximum atomic E-state index is 12.8. The first-order chi connectivity index (χ1) is 14.9. The van der Waals surface area contributed by atoms with E-state index >= 15 is 0 Å². The number of hydrogen-bond donors (Lipinski definition) is 8. The normalized spacial score (nSPS) is 14.7. The van der Waals surface area contributed by atoms with Crippen LogP contribution in [0.25, 0.3) is 0 Å². The molecule has 0 radical (unpaired) electrons. The van der Waals surface area contributed by atoms with Crippen molar-refractivity contribution in [3.8, 4) is 0 Å². The minimum Gasteiger partial charge on any atom is -0.481 e. The monoisotopic (exact) mass is 477 g/mol. The van der Waals surface area contributed by atoms with Crippen LogP contribution in [-0.4, -0.2) is 76.3 Å². The van der Waals surface area contributed by atoms with Gasteiger partial charge in [0.2, 0.25) is 17.7 Å². The van der Waals surface area contributed by atoms with Gasteiger partial charge in [-0.3, -0.25) is 19.2 Å². The predicted octanol–water partition coefficient (Wildman–Crippen LogP) is -1.57. The average molecular weight is 478 g/mol. The highest BCUT2D eigenvalue weighted by atomic mass is 32.1. The quantitative estimate of drug-likeness (QED) is 0.0950. The summed E-state index contributed by atoms with van der Waals surface area (Å²) in [6, 6.07) is -4.71. The van der Waals surface area contributed by atoms with E-state index in [1.165, 1.54) is 0 Å². The maximum Gasteiger partial charge on any atom is 0.326 e. The van der Waals surface area contributed by atoms with Crippen molar-refractivity contribution in [2.24, 2.45) is 17.4 Å². The van der Waals surface area contributed by atoms with Crippen molar-refractivity contribution < 1.29 is 34.2 Å². The Bertz CT molecular complexity index is 662. The van der Waals surface area contributed by atoms with E-state index in [1.54, 1.807) is 0 Å². The highest BCUT2D eigenvalue weighted by Gasteiger charge is 2.30. The van der Waals surface area contributed by atoms with Crippen LogP contribution in [0.5, 0.6) is 0 Å². The van der Waals surface area contributed by atoms with Gasteiger partial charge in [0.05, 0.1) is 12.5 Å². The first kappa shape index (κ1) is 29.6. The van der Waals surface area contributed by atoms with Gasteiger partial charge >= 0.3 is 11.9 Å². The third-order valence-corrected chi connectivity index (χ3v) is 4.82. The molecule has 184 valence electrons. The summed E-state index contributed by atoms with van der Waals surface area (Å²) in [4.78, 5) is 59.5. The van der Waals surface area contributed by atoms with E-state index in [9.17, 15) is 24.0 Å². The van der Waals surface area contributed by atoms with Crippen LogP contribution in [0.3, 0.4) is 0 Å². The Kier molecular flexibility index (Phi) is 14.3. The number of nitrogens with two attached hydrogens (primary N) is 2. The van der Waals surface area contributed by atoms with Crippen LogP contribution in [0.1, 0.15) is 46.0 Å². The average Bonchev–Trinajstić information content (AvgIpc) is 2.69. The first-order valence-corrected chi connectivity index (χ1v) is 11.0. The number of hydrogen-bond acceptors (Lipinski definition) is 8. The largest absolute Gasteiger partial charge is 0.481 e. The summed E-state index contributed by atoms with van der Waals surface area (Å²) in [6.45, 7) is 4.18. The van der Waals surface area contributed by atoms with Crippen molar-refractivity contribution >= 4 is 42.3 Å². The zero-order valence-corrected chi connectivity index (χ0v) is 19.3. The van der Waals surface area contributed by atoms with Crippen molar-refractivity contribution in [1.29, 1.82) is 0 Å². The molecule has 0 aliphatic rings. The lowest BCUT2D eigenvalue weighted by molar-refractivity contribution is -0.147. The molecule has 3 amide bonds. The number of thiol groups is 1. The molecule has 32 heavy (non-hydrogen) atoms. The van der Waals surface area contributed by atoms with Crippen molar-refractivity contribution in [1.82, 2.24) is 16.0 Å². The second-order valence-corrected chi connectivity index (χ2v) is 8.19. The van der Waals surface area contributed by atoms with Gasteiger partial charge in [0.25, 0.3) is 0 Å². The van der Waals surface area contributed by atoms with Gasteiger partial charge in [-0.05, 0) is 31.7 Å². The SMILES string of the molecule is CC(C)CC(NC(=O)C(N)CCCCN)C(=O)NC(CS)C(=O)NC(CC(=O)O)C(=O)O. The molecule has 0 saturated heterocycles. The second-order valence-electron chi connectivity index (χ2n) is 7.82. The summed E-state index contributed by atoms with van der Waals surface area (Å²) in [7, 11) is 0. The number of carbonyl (C=O) groups is 5. The van der Waals surface area contributed by atoms with E-state index in [2.05, 4.69) is 28.6 Å². The summed E-state index contributed by atoms with van der Waals surface area (Å²) in [6.07, 6.45) is 1.22. The third kappa shape index (κ3) is 11.9. The molecule has 0 heterocycles. The van der Waals surface area contributed by atoms with Crippen molar-refractivity contribution in [3.05, 3.63) is 0 Å². The van der Waals surface area contributed by atoms with E-state index in [-0.39, 0.29) is 18.1 Å². The van der Waals surface area contributed by atoms with Crippen LogP contribution < -0.4 is 27.4 Å². The van der Waals surface area contributed by atoms with Crippen LogP contribution in [0, 0.1) is 5.92 Å². The van der Waals surface area contributed by atoms with Gasteiger partial charge < -0.3 is 37.6 Å². The van der Waals surface area contributed by atoms with Gasteiger partial charge in [0.15, 0.2) is 0 Å². The molecule has 13 heteroatoms. The van der Waals surface area contributed by atoms with E-state index in [4.69, 9.17) is 21.7 Å². The Morgan fingerprint density at radius 2 is 1.41 bits per heavy atom.